The van der Waals surface area contributed by atoms with Crippen LogP contribution >= 0.6 is 11.8 Å². The van der Waals surface area contributed by atoms with Gasteiger partial charge in [0.2, 0.25) is 11.8 Å². The number of hydrogen-bond acceptors (Lipinski definition) is 6. The second-order valence-corrected chi connectivity index (χ2v) is 8.92. The fourth-order valence-electron chi connectivity index (χ4n) is 3.66. The molecule has 8 nitrogen and oxygen atoms in total. The number of benzene rings is 2. The second-order valence-electron chi connectivity index (χ2n) is 7.98. The molecule has 172 valence electrons. The van der Waals surface area contributed by atoms with Crippen LogP contribution < -0.4 is 15.8 Å². The molecule has 1 N–H and O–H groups in total. The van der Waals surface area contributed by atoms with Crippen molar-refractivity contribution in [2.45, 2.75) is 38.1 Å². The highest BCUT2D eigenvalue weighted by Crippen LogP contribution is 2.30. The van der Waals surface area contributed by atoms with E-state index in [1.54, 1.807) is 28.8 Å². The third-order valence-corrected chi connectivity index (χ3v) is 6.16. The minimum absolute atomic E-state index is 0.0408. The Morgan fingerprint density at radius 1 is 1.15 bits per heavy atom. The number of rotatable bonds is 8. The third kappa shape index (κ3) is 5.26. The van der Waals surface area contributed by atoms with Gasteiger partial charge < -0.3 is 15.0 Å². The number of thioether (sulfide) groups is 1. The molecule has 1 aromatic heterocycles. The zero-order valence-electron chi connectivity index (χ0n) is 18.6. The highest BCUT2D eigenvalue weighted by molar-refractivity contribution is 7.99. The van der Waals surface area contributed by atoms with E-state index < -0.39 is 0 Å². The van der Waals surface area contributed by atoms with Crippen LogP contribution in [0.15, 0.2) is 58.5 Å². The van der Waals surface area contributed by atoms with E-state index >= 15 is 0 Å². The van der Waals surface area contributed by atoms with E-state index in [1.807, 2.05) is 38.1 Å². The molecule has 4 rings (SSSR count). The van der Waals surface area contributed by atoms with Crippen molar-refractivity contribution in [2.24, 2.45) is 0 Å². The van der Waals surface area contributed by atoms with Crippen LogP contribution in [0, 0.1) is 0 Å². The van der Waals surface area contributed by atoms with Crippen LogP contribution in [-0.4, -0.2) is 46.4 Å². The molecule has 0 unspecified atom stereocenters. The van der Waals surface area contributed by atoms with E-state index in [1.165, 1.54) is 16.7 Å². The Hall–Kier alpha value is -3.17. The van der Waals surface area contributed by atoms with Gasteiger partial charge in [0, 0.05) is 13.2 Å². The lowest BCUT2D eigenvalue weighted by molar-refractivity contribution is -0.120. The van der Waals surface area contributed by atoms with Crippen molar-refractivity contribution >= 4 is 45.9 Å². The van der Waals surface area contributed by atoms with E-state index in [2.05, 4.69) is 10.3 Å². The summed E-state index contributed by atoms with van der Waals surface area (Å²) in [6.45, 7) is 4.86. The molecule has 33 heavy (non-hydrogen) atoms. The summed E-state index contributed by atoms with van der Waals surface area (Å²) in [5.74, 6) is -0.410. The summed E-state index contributed by atoms with van der Waals surface area (Å²) >= 11 is 1.21. The van der Waals surface area contributed by atoms with E-state index in [9.17, 15) is 14.4 Å². The zero-order valence-corrected chi connectivity index (χ0v) is 19.4. The van der Waals surface area contributed by atoms with E-state index in [-0.39, 0.29) is 35.8 Å². The number of nitrogens with zero attached hydrogens (tertiary/aromatic N) is 3. The normalized spacial score (nSPS) is 13.3. The molecule has 0 atom stereocenters. The molecule has 1 aliphatic rings. The van der Waals surface area contributed by atoms with Crippen LogP contribution in [0.2, 0.25) is 0 Å². The van der Waals surface area contributed by atoms with E-state index in [0.29, 0.717) is 47.0 Å². The SMILES string of the molecule is CC(C)OCCCn1c(SCC(=O)N2CC(=O)Nc3ccccc32)nc2ccccc2c1=O. The number of carbonyl (C=O) groups is 2. The largest absolute Gasteiger partial charge is 0.379 e. The van der Waals surface area contributed by atoms with Crippen molar-refractivity contribution in [2.75, 3.05) is 29.1 Å². The minimum Gasteiger partial charge on any atom is -0.379 e. The van der Waals surface area contributed by atoms with E-state index in [4.69, 9.17) is 4.74 Å². The van der Waals surface area contributed by atoms with Gasteiger partial charge in [0.25, 0.3) is 5.56 Å². The number of carbonyl (C=O) groups excluding carboxylic acids is 2. The molecule has 1 aliphatic heterocycles. The molecule has 0 fully saturated rings. The number of ether oxygens (including phenoxy) is 1. The molecule has 9 heteroatoms. The zero-order chi connectivity index (χ0) is 23.4. The van der Waals surface area contributed by atoms with Crippen molar-refractivity contribution in [1.82, 2.24) is 9.55 Å². The first-order valence-electron chi connectivity index (χ1n) is 10.9. The first-order valence-corrected chi connectivity index (χ1v) is 11.9. The molecule has 0 saturated carbocycles. The monoisotopic (exact) mass is 466 g/mol. The van der Waals surface area contributed by atoms with Crippen LogP contribution in [0.1, 0.15) is 20.3 Å². The van der Waals surface area contributed by atoms with Gasteiger partial charge in [-0.3, -0.25) is 19.0 Å². The highest BCUT2D eigenvalue weighted by Gasteiger charge is 2.27. The minimum atomic E-state index is -0.238. The number of para-hydroxylation sites is 3. The summed E-state index contributed by atoms with van der Waals surface area (Å²) in [5.41, 5.74) is 1.73. The van der Waals surface area contributed by atoms with Crippen molar-refractivity contribution in [1.29, 1.82) is 0 Å². The van der Waals surface area contributed by atoms with Crippen molar-refractivity contribution in [3.05, 3.63) is 58.9 Å². The first-order chi connectivity index (χ1) is 15.9. The van der Waals surface area contributed by atoms with E-state index in [0.717, 1.165) is 0 Å². The predicted molar refractivity (Wildman–Crippen MR) is 130 cm³/mol. The Kier molecular flexibility index (Phi) is 7.10. The topological polar surface area (TPSA) is 93.5 Å². The lowest BCUT2D eigenvalue weighted by Gasteiger charge is -2.29. The van der Waals surface area contributed by atoms with Crippen LogP contribution in [0.25, 0.3) is 10.9 Å². The average Bonchev–Trinajstić information content (AvgIpc) is 2.80. The Morgan fingerprint density at radius 2 is 1.91 bits per heavy atom. The Bertz CT molecular complexity index is 1240. The summed E-state index contributed by atoms with van der Waals surface area (Å²) in [7, 11) is 0. The lowest BCUT2D eigenvalue weighted by Crippen LogP contribution is -2.43. The smallest absolute Gasteiger partial charge is 0.262 e. The van der Waals surface area contributed by atoms with Gasteiger partial charge in [-0.1, -0.05) is 36.0 Å². The molecule has 0 bridgehead atoms. The van der Waals surface area contributed by atoms with Gasteiger partial charge >= 0.3 is 0 Å². The maximum atomic E-state index is 13.2. The molecule has 0 radical (unpaired) electrons. The van der Waals surface area contributed by atoms with Crippen LogP contribution in [0.5, 0.6) is 0 Å². The summed E-state index contributed by atoms with van der Waals surface area (Å²) in [5, 5.41) is 3.80. The van der Waals surface area contributed by atoms with Gasteiger partial charge in [-0.25, -0.2) is 4.98 Å². The average molecular weight is 467 g/mol. The van der Waals surface area contributed by atoms with Gasteiger partial charge in [-0.2, -0.15) is 0 Å². The molecule has 0 spiro atoms. The maximum Gasteiger partial charge on any atom is 0.262 e. The Morgan fingerprint density at radius 3 is 2.73 bits per heavy atom. The number of aromatic nitrogens is 2. The molecular formula is C24H26N4O4S. The molecule has 0 aliphatic carbocycles. The van der Waals surface area contributed by atoms with Gasteiger partial charge in [0.05, 0.1) is 34.1 Å². The summed E-state index contributed by atoms with van der Waals surface area (Å²) in [6, 6.07) is 14.4. The standard InChI is InChI=1S/C24H26N4O4S/c1-16(2)32-13-7-12-27-23(31)17-8-3-4-9-18(17)26-24(27)33-15-22(30)28-14-21(29)25-19-10-5-6-11-20(19)28/h3-6,8-11,16H,7,12-15H2,1-2H3,(H,25,29). The summed E-state index contributed by atoms with van der Waals surface area (Å²) in [6.07, 6.45) is 0.770. The molecular weight excluding hydrogens is 440 g/mol. The third-order valence-electron chi connectivity index (χ3n) is 5.20. The fourth-order valence-corrected chi connectivity index (χ4v) is 4.56. The quantitative estimate of drug-likeness (QED) is 0.311. The number of amides is 2. The Balaban J connectivity index is 1.56. The van der Waals surface area contributed by atoms with Crippen LogP contribution in [0.3, 0.4) is 0 Å². The Labute approximate surface area is 195 Å². The molecule has 3 aromatic rings. The van der Waals surface area contributed by atoms with Gasteiger partial charge in [0.15, 0.2) is 5.16 Å². The number of fused-ring (bicyclic) bond motifs is 2. The fraction of sp³-hybridized carbons (Fsp3) is 0.333. The number of nitrogens with one attached hydrogen (secondary N) is 1. The van der Waals surface area contributed by atoms with Crippen molar-refractivity contribution in [3.8, 4) is 0 Å². The van der Waals surface area contributed by atoms with Crippen molar-refractivity contribution < 1.29 is 14.3 Å². The van der Waals surface area contributed by atoms with Crippen molar-refractivity contribution in [3.63, 3.8) is 0 Å². The lowest BCUT2D eigenvalue weighted by atomic mass is 10.2. The highest BCUT2D eigenvalue weighted by atomic mass is 32.2. The number of hydrogen-bond donors (Lipinski definition) is 1. The molecule has 2 amide bonds. The van der Waals surface area contributed by atoms with Gasteiger partial charge in [-0.05, 0) is 44.5 Å². The molecule has 0 saturated heterocycles. The second kappa shape index (κ2) is 10.2. The molecule has 2 aromatic carbocycles. The molecule has 2 heterocycles. The summed E-state index contributed by atoms with van der Waals surface area (Å²) in [4.78, 5) is 44.4. The number of anilines is 2. The maximum absolute atomic E-state index is 13.2. The van der Waals surface area contributed by atoms with Gasteiger partial charge in [0.1, 0.15) is 6.54 Å². The summed E-state index contributed by atoms with van der Waals surface area (Å²) < 4.78 is 7.22. The first kappa shape index (κ1) is 23.0. The van der Waals surface area contributed by atoms with Gasteiger partial charge in [-0.15, -0.1) is 0 Å². The van der Waals surface area contributed by atoms with Crippen LogP contribution in [-0.2, 0) is 20.9 Å². The van der Waals surface area contributed by atoms with Crippen LogP contribution in [0.4, 0.5) is 11.4 Å². The predicted octanol–water partition coefficient (Wildman–Crippen LogP) is 3.29.